The molecule has 15 heavy (non-hydrogen) atoms. The molecule has 0 amide bonds. The van der Waals surface area contributed by atoms with Gasteiger partial charge in [-0.1, -0.05) is 6.07 Å². The van der Waals surface area contributed by atoms with Crippen molar-refractivity contribution in [2.75, 3.05) is 21.2 Å². The van der Waals surface area contributed by atoms with Gasteiger partial charge in [0.05, 0.1) is 13.2 Å². The molecule has 0 fully saturated rings. The number of hydrogen-bond donors (Lipinski definition) is 1. The van der Waals surface area contributed by atoms with Crippen LogP contribution in [0.4, 0.5) is 4.39 Å². The van der Waals surface area contributed by atoms with Crippen molar-refractivity contribution < 1.29 is 9.13 Å². The lowest BCUT2D eigenvalue weighted by Gasteiger charge is -2.21. The van der Waals surface area contributed by atoms with Gasteiger partial charge in [-0.25, -0.2) is 9.82 Å². The average molecular weight is 212 g/mol. The van der Waals surface area contributed by atoms with Crippen LogP contribution in [0, 0.1) is 5.82 Å². The van der Waals surface area contributed by atoms with Crippen LogP contribution in [0.15, 0.2) is 18.2 Å². The predicted molar refractivity (Wildman–Crippen MR) is 58.2 cm³/mol. The SMILES string of the molecule is COc1cccc(F)c1C(C)NN(C)C. The predicted octanol–water partition coefficient (Wildman–Crippen LogP) is 1.96. The van der Waals surface area contributed by atoms with Crippen molar-refractivity contribution in [3.05, 3.63) is 29.6 Å². The van der Waals surface area contributed by atoms with Crippen LogP contribution in [0.2, 0.25) is 0 Å². The number of methoxy groups -OCH3 is 1. The molecule has 0 aliphatic heterocycles. The number of rotatable bonds is 4. The van der Waals surface area contributed by atoms with Crippen molar-refractivity contribution >= 4 is 0 Å². The van der Waals surface area contributed by atoms with Gasteiger partial charge in [0, 0.05) is 19.7 Å². The van der Waals surface area contributed by atoms with E-state index in [1.54, 1.807) is 24.3 Å². The maximum Gasteiger partial charge on any atom is 0.131 e. The lowest BCUT2D eigenvalue weighted by Crippen LogP contribution is -2.33. The third-order valence-corrected chi connectivity index (χ3v) is 2.12. The molecule has 0 aromatic heterocycles. The van der Waals surface area contributed by atoms with E-state index in [9.17, 15) is 4.39 Å². The largest absolute Gasteiger partial charge is 0.496 e. The number of halogens is 1. The van der Waals surface area contributed by atoms with Crippen molar-refractivity contribution in [3.8, 4) is 5.75 Å². The van der Waals surface area contributed by atoms with Gasteiger partial charge in [-0.05, 0) is 19.1 Å². The highest BCUT2D eigenvalue weighted by atomic mass is 19.1. The molecule has 84 valence electrons. The van der Waals surface area contributed by atoms with Crippen LogP contribution < -0.4 is 10.2 Å². The maximum atomic E-state index is 13.6. The van der Waals surface area contributed by atoms with Gasteiger partial charge < -0.3 is 4.74 Å². The van der Waals surface area contributed by atoms with Gasteiger partial charge in [-0.15, -0.1) is 0 Å². The monoisotopic (exact) mass is 212 g/mol. The Morgan fingerprint density at radius 1 is 1.40 bits per heavy atom. The molecule has 0 saturated heterocycles. The first-order chi connectivity index (χ1) is 7.06. The van der Waals surface area contributed by atoms with Crippen LogP contribution in [0.25, 0.3) is 0 Å². The second-order valence-electron chi connectivity index (χ2n) is 3.60. The standard InChI is InChI=1S/C11H17FN2O/c1-8(13-14(2)3)11-9(12)6-5-7-10(11)15-4/h5-8,13H,1-4H3. The number of hydrogen-bond acceptors (Lipinski definition) is 3. The zero-order chi connectivity index (χ0) is 11.4. The molecular weight excluding hydrogens is 195 g/mol. The van der Waals surface area contributed by atoms with Gasteiger partial charge >= 0.3 is 0 Å². The summed E-state index contributed by atoms with van der Waals surface area (Å²) in [6.45, 7) is 1.89. The number of ether oxygens (including phenoxy) is 1. The molecule has 1 aromatic rings. The topological polar surface area (TPSA) is 24.5 Å². The molecule has 1 N–H and O–H groups in total. The lowest BCUT2D eigenvalue weighted by molar-refractivity contribution is 0.245. The Bertz CT molecular complexity index is 328. The van der Waals surface area contributed by atoms with Crippen LogP contribution in [-0.4, -0.2) is 26.2 Å². The second-order valence-corrected chi connectivity index (χ2v) is 3.60. The summed E-state index contributed by atoms with van der Waals surface area (Å²) in [6.07, 6.45) is 0. The Morgan fingerprint density at radius 3 is 2.60 bits per heavy atom. The molecule has 3 nitrogen and oxygen atoms in total. The third-order valence-electron chi connectivity index (χ3n) is 2.12. The highest BCUT2D eigenvalue weighted by Gasteiger charge is 2.16. The number of nitrogens with zero attached hydrogens (tertiary/aromatic N) is 1. The molecule has 1 unspecified atom stereocenters. The molecule has 0 saturated carbocycles. The van der Waals surface area contributed by atoms with Crippen LogP contribution in [0.3, 0.4) is 0 Å². The first-order valence-corrected chi connectivity index (χ1v) is 4.82. The summed E-state index contributed by atoms with van der Waals surface area (Å²) >= 11 is 0. The fraction of sp³-hybridized carbons (Fsp3) is 0.455. The Labute approximate surface area is 89.8 Å². The van der Waals surface area contributed by atoms with Crippen molar-refractivity contribution in [1.82, 2.24) is 10.4 Å². The molecular formula is C11H17FN2O. The van der Waals surface area contributed by atoms with Crippen molar-refractivity contribution in [1.29, 1.82) is 0 Å². The van der Waals surface area contributed by atoms with E-state index in [1.807, 2.05) is 21.0 Å². The minimum Gasteiger partial charge on any atom is -0.496 e. The van der Waals surface area contributed by atoms with E-state index in [-0.39, 0.29) is 11.9 Å². The zero-order valence-corrected chi connectivity index (χ0v) is 9.54. The molecule has 0 spiro atoms. The Kier molecular flexibility index (Phi) is 4.05. The quantitative estimate of drug-likeness (QED) is 0.772. The van der Waals surface area contributed by atoms with Crippen LogP contribution in [-0.2, 0) is 0 Å². The van der Waals surface area contributed by atoms with E-state index in [0.717, 1.165) is 0 Å². The summed E-state index contributed by atoms with van der Waals surface area (Å²) in [5.74, 6) is 0.313. The van der Waals surface area contributed by atoms with Crippen LogP contribution in [0.5, 0.6) is 5.75 Å². The fourth-order valence-corrected chi connectivity index (χ4v) is 1.57. The highest BCUT2D eigenvalue weighted by molar-refractivity contribution is 5.36. The Balaban J connectivity index is 3.00. The van der Waals surface area contributed by atoms with E-state index >= 15 is 0 Å². The summed E-state index contributed by atoms with van der Waals surface area (Å²) in [5.41, 5.74) is 3.64. The molecule has 0 heterocycles. The summed E-state index contributed by atoms with van der Waals surface area (Å²) in [4.78, 5) is 0. The van der Waals surface area contributed by atoms with Gasteiger partial charge in [0.25, 0.3) is 0 Å². The first kappa shape index (κ1) is 11.9. The maximum absolute atomic E-state index is 13.6. The molecule has 1 aromatic carbocycles. The average Bonchev–Trinajstić information content (AvgIpc) is 2.15. The summed E-state index contributed by atoms with van der Waals surface area (Å²) in [7, 11) is 5.27. The summed E-state index contributed by atoms with van der Waals surface area (Å²) in [5, 5.41) is 1.79. The van der Waals surface area contributed by atoms with Gasteiger partial charge in [0.2, 0.25) is 0 Å². The van der Waals surface area contributed by atoms with Gasteiger partial charge in [0.1, 0.15) is 11.6 Å². The van der Waals surface area contributed by atoms with Gasteiger partial charge in [-0.3, -0.25) is 5.01 Å². The van der Waals surface area contributed by atoms with E-state index < -0.39 is 0 Å². The Morgan fingerprint density at radius 2 is 2.07 bits per heavy atom. The number of hydrazine groups is 1. The zero-order valence-electron chi connectivity index (χ0n) is 9.54. The minimum atomic E-state index is -0.254. The van der Waals surface area contributed by atoms with E-state index in [2.05, 4.69) is 5.43 Å². The van der Waals surface area contributed by atoms with E-state index in [1.165, 1.54) is 6.07 Å². The number of nitrogens with one attached hydrogen (secondary N) is 1. The van der Waals surface area contributed by atoms with Crippen LogP contribution in [0.1, 0.15) is 18.5 Å². The molecule has 1 rings (SSSR count). The van der Waals surface area contributed by atoms with Gasteiger partial charge in [-0.2, -0.15) is 0 Å². The Hall–Kier alpha value is -1.13. The summed E-state index contributed by atoms with van der Waals surface area (Å²) < 4.78 is 18.7. The summed E-state index contributed by atoms with van der Waals surface area (Å²) in [6, 6.07) is 4.70. The van der Waals surface area contributed by atoms with Crippen molar-refractivity contribution in [3.63, 3.8) is 0 Å². The molecule has 0 radical (unpaired) electrons. The van der Waals surface area contributed by atoms with E-state index in [0.29, 0.717) is 11.3 Å². The molecule has 0 bridgehead atoms. The van der Waals surface area contributed by atoms with E-state index in [4.69, 9.17) is 4.74 Å². The molecule has 4 heteroatoms. The van der Waals surface area contributed by atoms with Crippen molar-refractivity contribution in [2.45, 2.75) is 13.0 Å². The minimum absolute atomic E-state index is 0.129. The lowest BCUT2D eigenvalue weighted by atomic mass is 10.1. The highest BCUT2D eigenvalue weighted by Crippen LogP contribution is 2.27. The molecule has 0 aliphatic carbocycles. The second kappa shape index (κ2) is 5.09. The van der Waals surface area contributed by atoms with Crippen LogP contribution >= 0.6 is 0 Å². The fourth-order valence-electron chi connectivity index (χ4n) is 1.57. The van der Waals surface area contributed by atoms with Crippen molar-refractivity contribution in [2.24, 2.45) is 0 Å². The first-order valence-electron chi connectivity index (χ1n) is 4.82. The normalized spacial score (nSPS) is 12.9. The number of benzene rings is 1. The third kappa shape index (κ3) is 2.91. The smallest absolute Gasteiger partial charge is 0.131 e. The molecule has 0 aliphatic rings. The van der Waals surface area contributed by atoms with Gasteiger partial charge in [0.15, 0.2) is 0 Å². The molecule has 1 atom stereocenters.